The maximum Gasteiger partial charge on any atom is 0.330 e. The van der Waals surface area contributed by atoms with E-state index in [9.17, 15) is 9.59 Å². The van der Waals surface area contributed by atoms with Crippen molar-refractivity contribution >= 4 is 11.2 Å². The lowest BCUT2D eigenvalue weighted by molar-refractivity contribution is 0.240. The molecule has 1 aromatic carbocycles. The van der Waals surface area contributed by atoms with Gasteiger partial charge in [-0.15, -0.1) is 0 Å². The topological polar surface area (TPSA) is 85.2 Å². The summed E-state index contributed by atoms with van der Waals surface area (Å²) in [5.41, 5.74) is 1.44. The minimum atomic E-state index is -0.385. The number of H-pyrrole nitrogens is 1. The average Bonchev–Trinajstić information content (AvgIpc) is 3.34. The average molecular weight is 426 g/mol. The fraction of sp³-hybridized carbons (Fsp3) is 0.522. The van der Waals surface area contributed by atoms with Crippen molar-refractivity contribution in [2.75, 3.05) is 13.2 Å². The Hall–Kier alpha value is -2.87. The predicted molar refractivity (Wildman–Crippen MR) is 120 cm³/mol. The Kier molecular flexibility index (Phi) is 6.27. The number of hydrogen-bond donors (Lipinski definition) is 1. The van der Waals surface area contributed by atoms with Crippen molar-refractivity contribution < 1.29 is 4.74 Å². The monoisotopic (exact) mass is 425 g/mol. The molecule has 1 aliphatic heterocycles. The molecule has 8 heteroatoms. The highest BCUT2D eigenvalue weighted by molar-refractivity contribution is 5.70. The SMILES string of the molecule is CCCCn1c(=O)[nH]c(=O)c2c1nc(CN1CCCC1c1ccc(OCC)cc1)n2C. The van der Waals surface area contributed by atoms with Crippen LogP contribution in [0.15, 0.2) is 33.9 Å². The van der Waals surface area contributed by atoms with Crippen molar-refractivity contribution in [2.24, 2.45) is 7.05 Å². The van der Waals surface area contributed by atoms with Crippen LogP contribution in [-0.4, -0.2) is 37.2 Å². The number of hydrogen-bond acceptors (Lipinski definition) is 5. The molecule has 1 fully saturated rings. The number of fused-ring (bicyclic) bond motifs is 1. The van der Waals surface area contributed by atoms with E-state index in [0.717, 1.165) is 43.8 Å². The Labute approximate surface area is 181 Å². The summed E-state index contributed by atoms with van der Waals surface area (Å²) < 4.78 is 9.00. The van der Waals surface area contributed by atoms with Gasteiger partial charge >= 0.3 is 5.69 Å². The van der Waals surface area contributed by atoms with E-state index >= 15 is 0 Å². The summed E-state index contributed by atoms with van der Waals surface area (Å²) in [7, 11) is 1.86. The van der Waals surface area contributed by atoms with E-state index in [0.29, 0.717) is 36.9 Å². The third kappa shape index (κ3) is 4.17. The zero-order chi connectivity index (χ0) is 22.0. The molecule has 0 radical (unpaired) electrons. The number of unbranched alkanes of at least 4 members (excludes halogenated alkanes) is 1. The first-order valence-electron chi connectivity index (χ1n) is 11.2. The van der Waals surface area contributed by atoms with E-state index in [1.165, 1.54) is 5.56 Å². The maximum atomic E-state index is 12.5. The standard InChI is InChI=1S/C23H31N5O3/c1-4-6-14-28-21-20(22(29)25-23(28)30)26(3)19(24-21)15-27-13-7-8-18(27)16-9-11-17(12-10-16)31-5-2/h9-12,18H,4-8,13-15H2,1-3H3,(H,25,29,30). The largest absolute Gasteiger partial charge is 0.494 e. The molecule has 2 aromatic heterocycles. The molecule has 0 spiro atoms. The van der Waals surface area contributed by atoms with Gasteiger partial charge < -0.3 is 9.30 Å². The summed E-state index contributed by atoms with van der Waals surface area (Å²) in [5.74, 6) is 1.68. The van der Waals surface area contributed by atoms with Crippen LogP contribution in [0.4, 0.5) is 0 Å². The number of rotatable bonds is 8. The van der Waals surface area contributed by atoms with E-state index in [1.807, 2.05) is 30.7 Å². The first kappa shape index (κ1) is 21.4. The van der Waals surface area contributed by atoms with Crippen molar-refractivity contribution in [1.82, 2.24) is 24.0 Å². The van der Waals surface area contributed by atoms with Gasteiger partial charge in [-0.05, 0) is 50.4 Å². The number of benzene rings is 1. The molecule has 0 aliphatic carbocycles. The molecule has 3 aromatic rings. The highest BCUT2D eigenvalue weighted by Crippen LogP contribution is 2.34. The zero-order valence-electron chi connectivity index (χ0n) is 18.6. The van der Waals surface area contributed by atoms with Crippen LogP contribution < -0.4 is 16.0 Å². The number of aromatic amines is 1. The van der Waals surface area contributed by atoms with Crippen molar-refractivity contribution in [1.29, 1.82) is 0 Å². The van der Waals surface area contributed by atoms with Crippen LogP contribution in [0.3, 0.4) is 0 Å². The molecule has 31 heavy (non-hydrogen) atoms. The zero-order valence-corrected chi connectivity index (χ0v) is 18.6. The van der Waals surface area contributed by atoms with Gasteiger partial charge in [0.1, 0.15) is 11.6 Å². The number of imidazole rings is 1. The first-order valence-corrected chi connectivity index (χ1v) is 11.2. The third-order valence-electron chi connectivity index (χ3n) is 6.13. The van der Waals surface area contributed by atoms with E-state index in [1.54, 1.807) is 4.57 Å². The minimum absolute atomic E-state index is 0.302. The fourth-order valence-electron chi connectivity index (χ4n) is 4.48. The van der Waals surface area contributed by atoms with Crippen LogP contribution >= 0.6 is 0 Å². The second-order valence-electron chi connectivity index (χ2n) is 8.15. The minimum Gasteiger partial charge on any atom is -0.494 e. The van der Waals surface area contributed by atoms with Crippen molar-refractivity contribution in [2.45, 2.75) is 58.7 Å². The lowest BCUT2D eigenvalue weighted by Gasteiger charge is -2.24. The van der Waals surface area contributed by atoms with Crippen LogP contribution in [-0.2, 0) is 20.1 Å². The Morgan fingerprint density at radius 1 is 1.19 bits per heavy atom. The Balaban J connectivity index is 1.64. The summed E-state index contributed by atoms with van der Waals surface area (Å²) in [6.07, 6.45) is 4.02. The van der Waals surface area contributed by atoms with Crippen LogP contribution in [0.2, 0.25) is 0 Å². The molecule has 1 aliphatic rings. The first-order chi connectivity index (χ1) is 15.0. The van der Waals surface area contributed by atoms with Crippen LogP contribution in [0.1, 0.15) is 57.0 Å². The number of ether oxygens (including phenoxy) is 1. The van der Waals surface area contributed by atoms with Gasteiger partial charge in [-0.3, -0.25) is 19.2 Å². The number of aryl methyl sites for hydroxylation is 2. The molecule has 1 unspecified atom stereocenters. The summed E-state index contributed by atoms with van der Waals surface area (Å²) in [4.78, 5) is 34.5. The molecule has 8 nitrogen and oxygen atoms in total. The van der Waals surface area contributed by atoms with E-state index in [4.69, 9.17) is 9.72 Å². The van der Waals surface area contributed by atoms with Crippen LogP contribution in [0.25, 0.3) is 11.2 Å². The Bertz CT molecular complexity index is 1160. The van der Waals surface area contributed by atoms with Crippen LogP contribution in [0.5, 0.6) is 5.75 Å². The van der Waals surface area contributed by atoms with Gasteiger partial charge in [-0.25, -0.2) is 9.78 Å². The van der Waals surface area contributed by atoms with E-state index < -0.39 is 0 Å². The van der Waals surface area contributed by atoms with E-state index in [2.05, 4.69) is 28.9 Å². The molecule has 0 bridgehead atoms. The summed E-state index contributed by atoms with van der Waals surface area (Å²) >= 11 is 0. The molecule has 4 rings (SSSR count). The van der Waals surface area contributed by atoms with Crippen molar-refractivity contribution in [3.63, 3.8) is 0 Å². The number of nitrogens with zero attached hydrogens (tertiary/aromatic N) is 4. The highest BCUT2D eigenvalue weighted by atomic mass is 16.5. The van der Waals surface area contributed by atoms with Gasteiger partial charge in [0.25, 0.3) is 5.56 Å². The molecule has 1 N–H and O–H groups in total. The van der Waals surface area contributed by atoms with Gasteiger partial charge in [0, 0.05) is 19.6 Å². The predicted octanol–water partition coefficient (Wildman–Crippen LogP) is 2.96. The second kappa shape index (κ2) is 9.09. The molecular weight excluding hydrogens is 394 g/mol. The molecule has 1 saturated heterocycles. The summed E-state index contributed by atoms with van der Waals surface area (Å²) in [5, 5.41) is 0. The third-order valence-corrected chi connectivity index (χ3v) is 6.13. The molecular formula is C23H31N5O3. The smallest absolute Gasteiger partial charge is 0.330 e. The second-order valence-corrected chi connectivity index (χ2v) is 8.15. The quantitative estimate of drug-likeness (QED) is 0.600. The summed E-state index contributed by atoms with van der Waals surface area (Å²) in [6, 6.07) is 8.62. The van der Waals surface area contributed by atoms with Gasteiger partial charge in [-0.2, -0.15) is 0 Å². The Morgan fingerprint density at radius 2 is 1.97 bits per heavy atom. The van der Waals surface area contributed by atoms with Crippen LogP contribution in [0, 0.1) is 0 Å². The molecule has 0 saturated carbocycles. The van der Waals surface area contributed by atoms with Crippen molar-refractivity contribution in [3.05, 3.63) is 56.5 Å². The lowest BCUT2D eigenvalue weighted by Crippen LogP contribution is -2.31. The van der Waals surface area contributed by atoms with Gasteiger partial charge in [0.2, 0.25) is 0 Å². The van der Waals surface area contributed by atoms with Crippen molar-refractivity contribution in [3.8, 4) is 5.75 Å². The molecule has 3 heterocycles. The number of likely N-dealkylation sites (tertiary alicyclic amines) is 1. The number of nitrogens with one attached hydrogen (secondary N) is 1. The number of aromatic nitrogens is 4. The van der Waals surface area contributed by atoms with E-state index in [-0.39, 0.29) is 11.2 Å². The maximum absolute atomic E-state index is 12.5. The van der Waals surface area contributed by atoms with Gasteiger partial charge in [0.05, 0.1) is 13.2 Å². The van der Waals surface area contributed by atoms with Gasteiger partial charge in [-0.1, -0.05) is 25.5 Å². The fourth-order valence-corrected chi connectivity index (χ4v) is 4.48. The molecule has 1 atom stereocenters. The van der Waals surface area contributed by atoms with Gasteiger partial charge in [0.15, 0.2) is 11.2 Å². The molecule has 166 valence electrons. The normalized spacial score (nSPS) is 16.9. The summed E-state index contributed by atoms with van der Waals surface area (Å²) in [6.45, 7) is 6.87. The lowest BCUT2D eigenvalue weighted by atomic mass is 10.0. The molecule has 0 amide bonds. The highest BCUT2D eigenvalue weighted by Gasteiger charge is 2.28. The Morgan fingerprint density at radius 3 is 2.68 bits per heavy atom.